The lowest BCUT2D eigenvalue weighted by atomic mass is 10.1. The molecule has 3 aromatic rings. The molecular formula is C16H10F3N3O3S. The van der Waals surface area contributed by atoms with Gasteiger partial charge in [0.25, 0.3) is 0 Å². The molecule has 2 aromatic heterocycles. The second-order valence-electron chi connectivity index (χ2n) is 5.41. The van der Waals surface area contributed by atoms with E-state index in [1.165, 1.54) is 10.5 Å². The summed E-state index contributed by atoms with van der Waals surface area (Å²) in [6.45, 7) is 0.106. The maximum absolute atomic E-state index is 12.9. The normalized spacial score (nSPS) is 13.3. The highest BCUT2D eigenvalue weighted by Crippen LogP contribution is 2.33. The van der Waals surface area contributed by atoms with Gasteiger partial charge < -0.3 is 9.47 Å². The number of pyridine rings is 1. The summed E-state index contributed by atoms with van der Waals surface area (Å²) in [6.07, 6.45) is -3.55. The predicted molar refractivity (Wildman–Crippen MR) is 85.6 cm³/mol. The number of fused-ring (bicyclic) bond motifs is 2. The van der Waals surface area contributed by atoms with Crippen LogP contribution in [0.15, 0.2) is 41.7 Å². The number of rotatable bonds is 4. The number of ketones is 1. The first-order valence-corrected chi connectivity index (χ1v) is 8.38. The van der Waals surface area contributed by atoms with E-state index >= 15 is 0 Å². The first kappa shape index (κ1) is 16.7. The summed E-state index contributed by atoms with van der Waals surface area (Å²) >= 11 is 1.01. The SMILES string of the molecule is O=C(CSc1nnc2ccc(C(F)(F)F)cn12)c1ccc2c(c1)OCO2. The Labute approximate surface area is 148 Å². The first-order chi connectivity index (χ1) is 12.4. The summed E-state index contributed by atoms with van der Waals surface area (Å²) < 4.78 is 50.2. The second-order valence-corrected chi connectivity index (χ2v) is 6.35. The van der Waals surface area contributed by atoms with Crippen LogP contribution >= 0.6 is 11.8 Å². The minimum absolute atomic E-state index is 0.00329. The van der Waals surface area contributed by atoms with Crippen LogP contribution in [0, 0.1) is 0 Å². The zero-order chi connectivity index (χ0) is 18.3. The van der Waals surface area contributed by atoms with Gasteiger partial charge in [-0.3, -0.25) is 9.20 Å². The standard InChI is InChI=1S/C16H10F3N3O3S/c17-16(18,19)10-2-4-14-20-21-15(22(14)6-10)26-7-11(23)9-1-3-12-13(5-9)25-8-24-12/h1-6H,7-8H2. The lowest BCUT2D eigenvalue weighted by molar-refractivity contribution is -0.137. The summed E-state index contributed by atoms with van der Waals surface area (Å²) in [4.78, 5) is 12.3. The van der Waals surface area contributed by atoms with Crippen molar-refractivity contribution >= 4 is 23.2 Å². The van der Waals surface area contributed by atoms with E-state index in [0.717, 1.165) is 24.0 Å². The molecule has 1 aliphatic rings. The highest BCUT2D eigenvalue weighted by Gasteiger charge is 2.31. The van der Waals surface area contributed by atoms with Gasteiger partial charge in [-0.1, -0.05) is 11.8 Å². The molecule has 0 radical (unpaired) electrons. The molecule has 1 aliphatic heterocycles. The summed E-state index contributed by atoms with van der Waals surface area (Å²) in [5.74, 6) is 0.842. The van der Waals surface area contributed by atoms with Gasteiger partial charge in [0.1, 0.15) is 0 Å². The molecule has 0 unspecified atom stereocenters. The zero-order valence-corrected chi connectivity index (χ0v) is 13.8. The van der Waals surface area contributed by atoms with Crippen molar-refractivity contribution in [3.63, 3.8) is 0 Å². The zero-order valence-electron chi connectivity index (χ0n) is 13.0. The van der Waals surface area contributed by atoms with E-state index in [4.69, 9.17) is 9.47 Å². The van der Waals surface area contributed by atoms with Crippen molar-refractivity contribution in [1.29, 1.82) is 0 Å². The van der Waals surface area contributed by atoms with Gasteiger partial charge in [0, 0.05) is 11.8 Å². The van der Waals surface area contributed by atoms with Crippen LogP contribution in [0.2, 0.25) is 0 Å². The largest absolute Gasteiger partial charge is 0.454 e. The van der Waals surface area contributed by atoms with Crippen LogP contribution in [0.25, 0.3) is 5.65 Å². The number of Topliss-reactive ketones (excluding diaryl/α,β-unsaturated/α-hetero) is 1. The molecule has 26 heavy (non-hydrogen) atoms. The molecule has 0 aliphatic carbocycles. The van der Waals surface area contributed by atoms with Gasteiger partial charge in [-0.15, -0.1) is 10.2 Å². The van der Waals surface area contributed by atoms with Gasteiger partial charge in [-0.05, 0) is 30.3 Å². The third-order valence-electron chi connectivity index (χ3n) is 3.73. The van der Waals surface area contributed by atoms with E-state index < -0.39 is 11.7 Å². The number of carbonyl (C=O) groups excluding carboxylic acids is 1. The number of aromatic nitrogens is 3. The minimum Gasteiger partial charge on any atom is -0.454 e. The summed E-state index contributed by atoms with van der Waals surface area (Å²) in [6, 6.07) is 7.01. The van der Waals surface area contributed by atoms with E-state index in [1.54, 1.807) is 18.2 Å². The van der Waals surface area contributed by atoms with E-state index in [1.807, 2.05) is 0 Å². The Morgan fingerprint density at radius 1 is 1.15 bits per heavy atom. The van der Waals surface area contributed by atoms with E-state index in [2.05, 4.69) is 10.2 Å². The molecule has 0 bridgehead atoms. The molecule has 4 rings (SSSR count). The van der Waals surface area contributed by atoms with Crippen LogP contribution in [-0.4, -0.2) is 32.9 Å². The van der Waals surface area contributed by atoms with Gasteiger partial charge in [0.15, 0.2) is 28.1 Å². The van der Waals surface area contributed by atoms with Crippen LogP contribution < -0.4 is 9.47 Å². The number of nitrogens with zero attached hydrogens (tertiary/aromatic N) is 3. The number of thioether (sulfide) groups is 1. The fourth-order valence-corrected chi connectivity index (χ4v) is 3.23. The van der Waals surface area contributed by atoms with Gasteiger partial charge in [-0.2, -0.15) is 13.2 Å². The molecule has 0 amide bonds. The highest BCUT2D eigenvalue weighted by molar-refractivity contribution is 7.99. The Balaban J connectivity index is 1.53. The number of hydrogen-bond acceptors (Lipinski definition) is 6. The van der Waals surface area contributed by atoms with Crippen molar-refractivity contribution < 1.29 is 27.4 Å². The lowest BCUT2D eigenvalue weighted by Gasteiger charge is -2.07. The molecule has 0 N–H and O–H groups in total. The maximum Gasteiger partial charge on any atom is 0.417 e. The number of hydrogen-bond donors (Lipinski definition) is 0. The molecule has 0 atom stereocenters. The number of ether oxygens (including phenoxy) is 2. The van der Waals surface area contributed by atoms with Crippen molar-refractivity contribution in [1.82, 2.24) is 14.6 Å². The average Bonchev–Trinajstić information content (AvgIpc) is 3.24. The smallest absolute Gasteiger partial charge is 0.417 e. The monoisotopic (exact) mass is 381 g/mol. The first-order valence-electron chi connectivity index (χ1n) is 7.39. The van der Waals surface area contributed by atoms with Gasteiger partial charge >= 0.3 is 6.18 Å². The topological polar surface area (TPSA) is 65.7 Å². The van der Waals surface area contributed by atoms with Crippen molar-refractivity contribution in [2.75, 3.05) is 12.5 Å². The Morgan fingerprint density at radius 3 is 2.77 bits per heavy atom. The molecule has 10 heteroatoms. The van der Waals surface area contributed by atoms with Crippen molar-refractivity contribution in [3.8, 4) is 11.5 Å². The Bertz CT molecular complexity index is 1000. The molecule has 3 heterocycles. The number of alkyl halides is 3. The van der Waals surface area contributed by atoms with Crippen LogP contribution in [0.1, 0.15) is 15.9 Å². The van der Waals surface area contributed by atoms with Crippen LogP contribution in [0.3, 0.4) is 0 Å². The minimum atomic E-state index is -4.47. The summed E-state index contributed by atoms with van der Waals surface area (Å²) in [5.41, 5.74) is -0.115. The molecule has 0 saturated heterocycles. The highest BCUT2D eigenvalue weighted by atomic mass is 32.2. The second kappa shape index (κ2) is 6.20. The molecule has 0 spiro atoms. The fourth-order valence-electron chi connectivity index (χ4n) is 2.42. The molecule has 1 aromatic carbocycles. The number of halogens is 3. The third-order valence-corrected chi connectivity index (χ3v) is 4.67. The quantitative estimate of drug-likeness (QED) is 0.510. The third kappa shape index (κ3) is 3.07. The maximum atomic E-state index is 12.9. The Kier molecular flexibility index (Phi) is 3.98. The van der Waals surface area contributed by atoms with Gasteiger partial charge in [0.05, 0.1) is 11.3 Å². The van der Waals surface area contributed by atoms with Crippen molar-refractivity contribution in [2.45, 2.75) is 11.3 Å². The molecule has 6 nitrogen and oxygen atoms in total. The number of benzene rings is 1. The predicted octanol–water partition coefficient (Wildman–Crippen LogP) is 3.45. The molecule has 0 saturated carbocycles. The molecule has 0 fully saturated rings. The average molecular weight is 381 g/mol. The Morgan fingerprint density at radius 2 is 1.96 bits per heavy atom. The lowest BCUT2D eigenvalue weighted by Crippen LogP contribution is -2.07. The Hall–Kier alpha value is -2.75. The van der Waals surface area contributed by atoms with Crippen LogP contribution in [0.5, 0.6) is 11.5 Å². The fraction of sp³-hybridized carbons (Fsp3) is 0.188. The van der Waals surface area contributed by atoms with E-state index in [0.29, 0.717) is 17.1 Å². The van der Waals surface area contributed by atoms with E-state index in [9.17, 15) is 18.0 Å². The number of carbonyl (C=O) groups is 1. The van der Waals surface area contributed by atoms with Crippen molar-refractivity contribution in [2.24, 2.45) is 0 Å². The molecular weight excluding hydrogens is 371 g/mol. The van der Waals surface area contributed by atoms with Gasteiger partial charge in [0.2, 0.25) is 6.79 Å². The van der Waals surface area contributed by atoms with Crippen molar-refractivity contribution in [3.05, 3.63) is 47.7 Å². The summed E-state index contributed by atoms with van der Waals surface area (Å²) in [5, 5.41) is 7.88. The van der Waals surface area contributed by atoms with Crippen LogP contribution in [0.4, 0.5) is 13.2 Å². The van der Waals surface area contributed by atoms with Gasteiger partial charge in [-0.25, -0.2) is 0 Å². The van der Waals surface area contributed by atoms with Crippen LogP contribution in [-0.2, 0) is 6.18 Å². The van der Waals surface area contributed by atoms with E-state index in [-0.39, 0.29) is 29.1 Å². The summed E-state index contributed by atoms with van der Waals surface area (Å²) in [7, 11) is 0. The molecule has 134 valence electrons.